The lowest BCUT2D eigenvalue weighted by atomic mass is 9.85. The van der Waals surface area contributed by atoms with E-state index in [1.807, 2.05) is 6.07 Å². The van der Waals surface area contributed by atoms with Gasteiger partial charge in [-0.05, 0) is 29.2 Å². The highest BCUT2D eigenvalue weighted by Crippen LogP contribution is 2.38. The highest BCUT2D eigenvalue weighted by atomic mass is 35.6. The van der Waals surface area contributed by atoms with Gasteiger partial charge in [-0.25, -0.2) is 0 Å². The molecule has 19 heavy (non-hydrogen) atoms. The van der Waals surface area contributed by atoms with Gasteiger partial charge in [0.25, 0.3) is 0 Å². The van der Waals surface area contributed by atoms with Gasteiger partial charge < -0.3 is 9.47 Å². The van der Waals surface area contributed by atoms with Gasteiger partial charge in [-0.15, -0.1) is 0 Å². The van der Waals surface area contributed by atoms with E-state index in [1.165, 1.54) is 5.56 Å². The van der Waals surface area contributed by atoms with Crippen molar-refractivity contribution in [3.05, 3.63) is 23.3 Å². The van der Waals surface area contributed by atoms with Crippen LogP contribution in [0, 0.1) is 0 Å². The molecule has 0 fully saturated rings. The van der Waals surface area contributed by atoms with E-state index in [9.17, 15) is 0 Å². The Morgan fingerprint density at radius 1 is 1.11 bits per heavy atom. The van der Waals surface area contributed by atoms with E-state index in [1.54, 1.807) is 14.2 Å². The summed E-state index contributed by atoms with van der Waals surface area (Å²) in [5, 5.41) is 0. The maximum atomic E-state index is 6.50. The van der Waals surface area contributed by atoms with Crippen molar-refractivity contribution in [3.63, 3.8) is 0 Å². The Morgan fingerprint density at radius 2 is 1.68 bits per heavy atom. The van der Waals surface area contributed by atoms with E-state index in [4.69, 9.17) is 20.6 Å². The SMILES string of the molecule is COc1cc(C[Si](C)(C)Cl)c(OC)c(C(C)(C)C)c1. The summed E-state index contributed by atoms with van der Waals surface area (Å²) in [7, 11) is 1.69. The lowest BCUT2D eigenvalue weighted by molar-refractivity contribution is 0.384. The molecule has 0 aromatic heterocycles. The minimum atomic E-state index is -1.73. The summed E-state index contributed by atoms with van der Waals surface area (Å²) in [6, 6.07) is 4.98. The Morgan fingerprint density at radius 3 is 2.05 bits per heavy atom. The topological polar surface area (TPSA) is 18.5 Å². The molecule has 4 heteroatoms. The van der Waals surface area contributed by atoms with Gasteiger partial charge in [-0.2, -0.15) is 11.1 Å². The van der Waals surface area contributed by atoms with Crippen molar-refractivity contribution in [3.8, 4) is 11.5 Å². The van der Waals surface area contributed by atoms with Gasteiger partial charge in [0.05, 0.1) is 14.2 Å². The van der Waals surface area contributed by atoms with Crippen molar-refractivity contribution in [2.45, 2.75) is 45.3 Å². The van der Waals surface area contributed by atoms with Crippen LogP contribution in [0.3, 0.4) is 0 Å². The summed E-state index contributed by atoms with van der Waals surface area (Å²) in [5.41, 5.74) is 2.32. The zero-order valence-corrected chi connectivity index (χ0v) is 14.8. The van der Waals surface area contributed by atoms with Gasteiger partial charge >= 0.3 is 0 Å². The van der Waals surface area contributed by atoms with E-state index in [-0.39, 0.29) is 5.41 Å². The number of benzene rings is 1. The van der Waals surface area contributed by atoms with Crippen LogP contribution >= 0.6 is 11.1 Å². The van der Waals surface area contributed by atoms with Gasteiger partial charge in [0, 0.05) is 5.56 Å². The maximum Gasteiger partial charge on any atom is 0.154 e. The van der Waals surface area contributed by atoms with Gasteiger partial charge in [0.15, 0.2) is 7.38 Å². The summed E-state index contributed by atoms with van der Waals surface area (Å²) in [4.78, 5) is 0. The van der Waals surface area contributed by atoms with Crippen LogP contribution in [0.4, 0.5) is 0 Å². The summed E-state index contributed by atoms with van der Waals surface area (Å²) in [6.07, 6.45) is 0. The minimum Gasteiger partial charge on any atom is -0.497 e. The zero-order valence-electron chi connectivity index (χ0n) is 13.1. The molecule has 0 bridgehead atoms. The molecule has 0 N–H and O–H groups in total. The van der Waals surface area contributed by atoms with Crippen LogP contribution < -0.4 is 9.47 Å². The van der Waals surface area contributed by atoms with Crippen LogP contribution in [0.5, 0.6) is 11.5 Å². The predicted molar refractivity (Wildman–Crippen MR) is 85.3 cm³/mol. The van der Waals surface area contributed by atoms with Crippen LogP contribution in [-0.4, -0.2) is 21.6 Å². The Labute approximate surface area is 122 Å². The first-order valence-corrected chi connectivity index (χ1v) is 10.7. The molecule has 0 amide bonds. The van der Waals surface area contributed by atoms with Crippen LogP contribution in [-0.2, 0) is 11.5 Å². The lowest BCUT2D eigenvalue weighted by Crippen LogP contribution is -2.22. The molecule has 108 valence electrons. The van der Waals surface area contributed by atoms with Gasteiger partial charge in [-0.3, -0.25) is 0 Å². The standard InChI is InChI=1S/C15H25ClO2Si/c1-15(2,3)13-9-12(17-4)8-11(14(13)18-5)10-19(6,7)16/h8-9H,10H2,1-7H3. The molecule has 1 aromatic carbocycles. The predicted octanol–water partition coefficient (Wildman–Crippen LogP) is 4.53. The first kappa shape index (κ1) is 16.4. The molecule has 1 aromatic rings. The molecule has 0 spiro atoms. The Bertz CT molecular complexity index is 445. The molecule has 0 radical (unpaired) electrons. The van der Waals surface area contributed by atoms with E-state index < -0.39 is 7.38 Å². The van der Waals surface area contributed by atoms with Crippen LogP contribution in [0.1, 0.15) is 31.9 Å². The summed E-state index contributed by atoms with van der Waals surface area (Å²) in [5.74, 6) is 1.82. The molecule has 1 rings (SSSR count). The first-order valence-electron chi connectivity index (χ1n) is 6.53. The smallest absolute Gasteiger partial charge is 0.154 e. The number of methoxy groups -OCH3 is 2. The number of rotatable bonds is 4. The normalized spacial score (nSPS) is 12.4. The van der Waals surface area contributed by atoms with E-state index >= 15 is 0 Å². The van der Waals surface area contributed by atoms with Crippen LogP contribution in [0.15, 0.2) is 12.1 Å². The fourth-order valence-electron chi connectivity index (χ4n) is 2.16. The summed E-state index contributed by atoms with van der Waals surface area (Å²) >= 11 is 6.50. The maximum absolute atomic E-state index is 6.50. The zero-order chi connectivity index (χ0) is 14.8. The van der Waals surface area contributed by atoms with Crippen LogP contribution in [0.2, 0.25) is 13.1 Å². The molecular formula is C15H25ClO2Si. The molecule has 0 aliphatic heterocycles. The largest absolute Gasteiger partial charge is 0.497 e. The van der Waals surface area contributed by atoms with Crippen molar-refractivity contribution in [2.24, 2.45) is 0 Å². The van der Waals surface area contributed by atoms with Crippen molar-refractivity contribution < 1.29 is 9.47 Å². The molecular weight excluding hydrogens is 276 g/mol. The van der Waals surface area contributed by atoms with Crippen molar-refractivity contribution in [1.82, 2.24) is 0 Å². The second-order valence-electron chi connectivity index (χ2n) is 6.51. The third-order valence-corrected chi connectivity index (χ3v) is 4.62. The van der Waals surface area contributed by atoms with Crippen molar-refractivity contribution in [1.29, 1.82) is 0 Å². The Balaban J connectivity index is 3.44. The Kier molecular flexibility index (Phi) is 4.96. The highest BCUT2D eigenvalue weighted by Gasteiger charge is 2.26. The second-order valence-corrected chi connectivity index (χ2v) is 13.4. The van der Waals surface area contributed by atoms with Gasteiger partial charge in [0.1, 0.15) is 11.5 Å². The van der Waals surface area contributed by atoms with Crippen LogP contribution in [0.25, 0.3) is 0 Å². The quantitative estimate of drug-likeness (QED) is 0.601. The average molecular weight is 301 g/mol. The number of halogens is 1. The molecule has 2 nitrogen and oxygen atoms in total. The first-order chi connectivity index (χ1) is 8.58. The van der Waals surface area contributed by atoms with Crippen molar-refractivity contribution >= 4 is 18.5 Å². The van der Waals surface area contributed by atoms with E-state index in [2.05, 4.69) is 39.9 Å². The third kappa shape index (κ3) is 4.43. The fourth-order valence-corrected chi connectivity index (χ4v) is 3.76. The fraction of sp³-hybridized carbons (Fsp3) is 0.600. The lowest BCUT2D eigenvalue weighted by Gasteiger charge is -2.26. The molecule has 0 saturated carbocycles. The minimum absolute atomic E-state index is 0.00659. The molecule has 0 unspecified atom stereocenters. The van der Waals surface area contributed by atoms with Crippen molar-refractivity contribution in [2.75, 3.05) is 14.2 Å². The summed E-state index contributed by atoms with van der Waals surface area (Å²) in [6.45, 7) is 10.8. The molecule has 0 saturated heterocycles. The molecule has 0 atom stereocenters. The van der Waals surface area contributed by atoms with Gasteiger partial charge in [0.2, 0.25) is 0 Å². The number of ether oxygens (including phenoxy) is 2. The van der Waals surface area contributed by atoms with E-state index in [0.29, 0.717) is 0 Å². The molecule has 0 aliphatic rings. The second kappa shape index (κ2) is 5.76. The highest BCUT2D eigenvalue weighted by molar-refractivity contribution is 7.18. The number of hydrogen-bond donors (Lipinski definition) is 0. The third-order valence-electron chi connectivity index (χ3n) is 3.00. The average Bonchev–Trinajstić information content (AvgIpc) is 2.24. The molecule has 0 aliphatic carbocycles. The number of hydrogen-bond acceptors (Lipinski definition) is 2. The summed E-state index contributed by atoms with van der Waals surface area (Å²) < 4.78 is 11.1. The Hall–Kier alpha value is -0.673. The van der Waals surface area contributed by atoms with Gasteiger partial charge in [-0.1, -0.05) is 33.9 Å². The molecule has 0 heterocycles. The van der Waals surface area contributed by atoms with E-state index in [0.717, 1.165) is 23.1 Å². The monoisotopic (exact) mass is 300 g/mol.